The van der Waals surface area contributed by atoms with Gasteiger partial charge in [0, 0.05) is 11.1 Å². The number of nitrogens with one attached hydrogen (secondary N) is 3. The maximum atomic E-state index is 12.5. The van der Waals surface area contributed by atoms with Crippen molar-refractivity contribution in [1.82, 2.24) is 16.2 Å². The molecule has 3 amide bonds. The zero-order chi connectivity index (χ0) is 25.1. The summed E-state index contributed by atoms with van der Waals surface area (Å²) in [7, 11) is 5.77. The van der Waals surface area contributed by atoms with E-state index in [1.165, 1.54) is 46.6 Å². The number of benzene rings is 2. The standard InChI is InChI=1S/C23H29N3O8/c1-6-9-34-16-8-7-14(10-17(16)30-2)23(29)26-25-20(27)13-24-22(28)15-11-18(31-3)21(33-5)19(12-15)32-4/h7-8,10-12H,6,9,13H2,1-5H3,(H,24,28)(H,25,27)(H,26,29). The molecule has 34 heavy (non-hydrogen) atoms. The van der Waals surface area contributed by atoms with Crippen LogP contribution >= 0.6 is 0 Å². The van der Waals surface area contributed by atoms with E-state index in [1.807, 2.05) is 6.92 Å². The van der Waals surface area contributed by atoms with E-state index in [2.05, 4.69) is 16.2 Å². The van der Waals surface area contributed by atoms with E-state index in [4.69, 9.17) is 23.7 Å². The topological polar surface area (TPSA) is 133 Å². The molecule has 0 heterocycles. The lowest BCUT2D eigenvalue weighted by molar-refractivity contribution is -0.120. The molecule has 0 saturated carbocycles. The summed E-state index contributed by atoms with van der Waals surface area (Å²) in [5.41, 5.74) is 4.98. The summed E-state index contributed by atoms with van der Waals surface area (Å²) in [6.45, 7) is 2.10. The normalized spacial score (nSPS) is 10.0. The summed E-state index contributed by atoms with van der Waals surface area (Å²) >= 11 is 0. The molecule has 0 aliphatic carbocycles. The molecule has 0 saturated heterocycles. The van der Waals surface area contributed by atoms with Crippen LogP contribution in [0.4, 0.5) is 0 Å². The molecule has 11 nitrogen and oxygen atoms in total. The number of hydrogen-bond acceptors (Lipinski definition) is 8. The molecule has 184 valence electrons. The van der Waals surface area contributed by atoms with Crippen LogP contribution in [0.25, 0.3) is 0 Å². The molecule has 0 atom stereocenters. The fourth-order valence-electron chi connectivity index (χ4n) is 2.86. The highest BCUT2D eigenvalue weighted by molar-refractivity contribution is 5.99. The van der Waals surface area contributed by atoms with Gasteiger partial charge in [0.25, 0.3) is 17.7 Å². The molecule has 0 bridgehead atoms. The van der Waals surface area contributed by atoms with E-state index in [-0.39, 0.29) is 17.7 Å². The molecule has 0 spiro atoms. The van der Waals surface area contributed by atoms with Crippen LogP contribution in [0.15, 0.2) is 30.3 Å². The molecule has 11 heteroatoms. The van der Waals surface area contributed by atoms with Crippen molar-refractivity contribution in [2.24, 2.45) is 0 Å². The largest absolute Gasteiger partial charge is 0.493 e. The second-order valence-electron chi connectivity index (χ2n) is 6.81. The summed E-state index contributed by atoms with van der Waals surface area (Å²) in [4.78, 5) is 36.9. The number of amides is 3. The Morgan fingerprint density at radius 1 is 0.735 bits per heavy atom. The summed E-state index contributed by atoms with van der Waals surface area (Å²) in [6, 6.07) is 7.57. The first-order valence-corrected chi connectivity index (χ1v) is 10.4. The molecule has 0 unspecified atom stereocenters. The van der Waals surface area contributed by atoms with E-state index < -0.39 is 17.7 Å². The van der Waals surface area contributed by atoms with Gasteiger partial charge in [-0.25, -0.2) is 0 Å². The van der Waals surface area contributed by atoms with Crippen LogP contribution in [0.3, 0.4) is 0 Å². The van der Waals surface area contributed by atoms with Crippen LogP contribution in [0.2, 0.25) is 0 Å². The summed E-state index contributed by atoms with van der Waals surface area (Å²) in [6.07, 6.45) is 0.827. The van der Waals surface area contributed by atoms with Crippen LogP contribution in [0.5, 0.6) is 28.7 Å². The Labute approximate surface area is 197 Å². The Morgan fingerprint density at radius 2 is 1.35 bits per heavy atom. The van der Waals surface area contributed by atoms with Gasteiger partial charge in [-0.15, -0.1) is 0 Å². The Hall–Kier alpha value is -4.15. The Bertz CT molecular complexity index is 1000. The highest BCUT2D eigenvalue weighted by atomic mass is 16.5. The Morgan fingerprint density at radius 3 is 1.91 bits per heavy atom. The van der Waals surface area contributed by atoms with Crippen LogP contribution in [0, 0.1) is 0 Å². The maximum Gasteiger partial charge on any atom is 0.269 e. The first-order chi connectivity index (χ1) is 16.4. The minimum atomic E-state index is -0.635. The number of ether oxygens (including phenoxy) is 5. The first kappa shape index (κ1) is 26.1. The van der Waals surface area contributed by atoms with E-state index in [0.717, 1.165) is 6.42 Å². The lowest BCUT2D eigenvalue weighted by Gasteiger charge is -2.14. The summed E-state index contributed by atoms with van der Waals surface area (Å²) in [5, 5.41) is 2.46. The van der Waals surface area contributed by atoms with Gasteiger partial charge in [0.05, 0.1) is 41.6 Å². The molecule has 3 N–H and O–H groups in total. The molecular formula is C23H29N3O8. The van der Waals surface area contributed by atoms with Crippen LogP contribution in [0.1, 0.15) is 34.1 Å². The van der Waals surface area contributed by atoms with Crippen molar-refractivity contribution in [2.75, 3.05) is 41.6 Å². The van der Waals surface area contributed by atoms with Gasteiger partial charge in [-0.2, -0.15) is 0 Å². The van der Waals surface area contributed by atoms with Crippen molar-refractivity contribution in [2.45, 2.75) is 13.3 Å². The van der Waals surface area contributed by atoms with E-state index in [0.29, 0.717) is 35.4 Å². The average Bonchev–Trinajstić information content (AvgIpc) is 2.87. The zero-order valence-electron chi connectivity index (χ0n) is 19.8. The van der Waals surface area contributed by atoms with E-state index >= 15 is 0 Å². The minimum Gasteiger partial charge on any atom is -0.493 e. The third-order valence-electron chi connectivity index (χ3n) is 4.54. The average molecular weight is 475 g/mol. The lowest BCUT2D eigenvalue weighted by Crippen LogP contribution is -2.46. The number of carbonyl (C=O) groups excluding carboxylic acids is 3. The van der Waals surface area contributed by atoms with Crippen molar-refractivity contribution in [3.63, 3.8) is 0 Å². The third kappa shape index (κ3) is 6.67. The summed E-state index contributed by atoms with van der Waals surface area (Å²) in [5.74, 6) is 0.0883. The number of hydrogen-bond donors (Lipinski definition) is 3. The smallest absolute Gasteiger partial charge is 0.269 e. The third-order valence-corrected chi connectivity index (χ3v) is 4.54. The molecule has 2 aromatic rings. The van der Waals surface area contributed by atoms with E-state index in [9.17, 15) is 14.4 Å². The lowest BCUT2D eigenvalue weighted by atomic mass is 10.1. The van der Waals surface area contributed by atoms with Crippen LogP contribution < -0.4 is 39.9 Å². The van der Waals surface area contributed by atoms with Crippen molar-refractivity contribution in [3.05, 3.63) is 41.5 Å². The number of carbonyl (C=O) groups is 3. The quantitative estimate of drug-likeness (QED) is 0.418. The highest BCUT2D eigenvalue weighted by Gasteiger charge is 2.18. The van der Waals surface area contributed by atoms with E-state index in [1.54, 1.807) is 12.1 Å². The van der Waals surface area contributed by atoms with Gasteiger partial charge in [-0.1, -0.05) is 6.92 Å². The van der Waals surface area contributed by atoms with Gasteiger partial charge in [-0.3, -0.25) is 25.2 Å². The van der Waals surface area contributed by atoms with Crippen molar-refractivity contribution < 1.29 is 38.1 Å². The molecule has 0 aliphatic heterocycles. The second kappa shape index (κ2) is 12.8. The van der Waals surface area contributed by atoms with Crippen molar-refractivity contribution >= 4 is 17.7 Å². The molecular weight excluding hydrogens is 446 g/mol. The predicted molar refractivity (Wildman–Crippen MR) is 123 cm³/mol. The molecule has 0 radical (unpaired) electrons. The monoisotopic (exact) mass is 475 g/mol. The van der Waals surface area contributed by atoms with Gasteiger partial charge >= 0.3 is 0 Å². The number of methoxy groups -OCH3 is 4. The molecule has 2 aromatic carbocycles. The molecule has 0 fully saturated rings. The number of rotatable bonds is 11. The van der Waals surface area contributed by atoms with Crippen LogP contribution in [-0.2, 0) is 4.79 Å². The minimum absolute atomic E-state index is 0.198. The molecule has 0 aromatic heterocycles. The highest BCUT2D eigenvalue weighted by Crippen LogP contribution is 2.38. The summed E-state index contributed by atoms with van der Waals surface area (Å²) < 4.78 is 26.5. The van der Waals surface area contributed by atoms with Gasteiger partial charge in [0.1, 0.15) is 0 Å². The van der Waals surface area contributed by atoms with Gasteiger partial charge < -0.3 is 29.0 Å². The van der Waals surface area contributed by atoms with Gasteiger partial charge in [0.2, 0.25) is 5.75 Å². The van der Waals surface area contributed by atoms with Crippen molar-refractivity contribution in [3.8, 4) is 28.7 Å². The van der Waals surface area contributed by atoms with Crippen molar-refractivity contribution in [1.29, 1.82) is 0 Å². The van der Waals surface area contributed by atoms with Gasteiger partial charge in [-0.05, 0) is 36.8 Å². The van der Waals surface area contributed by atoms with Crippen LogP contribution in [-0.4, -0.2) is 59.3 Å². The van der Waals surface area contributed by atoms with Gasteiger partial charge in [0.15, 0.2) is 23.0 Å². The fourth-order valence-corrected chi connectivity index (χ4v) is 2.86. The Balaban J connectivity index is 1.93. The fraction of sp³-hybridized carbons (Fsp3) is 0.348. The SMILES string of the molecule is CCCOc1ccc(C(=O)NNC(=O)CNC(=O)c2cc(OC)c(OC)c(OC)c2)cc1OC. The Kier molecular flexibility index (Phi) is 9.81. The molecule has 2 rings (SSSR count). The zero-order valence-corrected chi connectivity index (χ0v) is 19.8. The first-order valence-electron chi connectivity index (χ1n) is 10.4. The predicted octanol–water partition coefficient (Wildman–Crippen LogP) is 1.70. The molecule has 0 aliphatic rings. The number of hydrazine groups is 1. The maximum absolute atomic E-state index is 12.5. The second-order valence-corrected chi connectivity index (χ2v) is 6.81.